The molecule has 1 unspecified atom stereocenters. The molecule has 1 aromatic rings. The quantitative estimate of drug-likeness (QED) is 0.661. The smallest absolute Gasteiger partial charge is 0.244 e. The lowest BCUT2D eigenvalue weighted by Crippen LogP contribution is -2.28. The Hall–Kier alpha value is -1.46. The summed E-state index contributed by atoms with van der Waals surface area (Å²) in [6.07, 6.45) is 3.13. The Balaban J connectivity index is 0.00000280. The van der Waals surface area contributed by atoms with E-state index in [9.17, 15) is 16.8 Å². The molecule has 0 bridgehead atoms. The molecule has 0 saturated heterocycles. The number of rotatable bonds is 6. The van der Waals surface area contributed by atoms with Crippen molar-refractivity contribution in [1.82, 2.24) is 5.32 Å². The second kappa shape index (κ2) is 8.50. The molecule has 3 rings (SSSR count). The Kier molecular flexibility index (Phi) is 6.93. The van der Waals surface area contributed by atoms with Crippen molar-refractivity contribution in [2.24, 2.45) is 5.14 Å². The average molecular weight is 465 g/mol. The number of likely N-dealkylation sites (N-methyl/N-ethyl adjacent to an activating group) is 1. The van der Waals surface area contributed by atoms with E-state index in [0.717, 1.165) is 17.3 Å². The third-order valence-corrected chi connectivity index (χ3v) is 9.54. The Morgan fingerprint density at radius 3 is 2.39 bits per heavy atom. The summed E-state index contributed by atoms with van der Waals surface area (Å²) >= 11 is 0.760. The van der Waals surface area contributed by atoms with Gasteiger partial charge in [0.05, 0.1) is 12.0 Å². The molecule has 11 heteroatoms. The third kappa shape index (κ3) is 4.41. The zero-order valence-corrected chi connectivity index (χ0v) is 18.5. The van der Waals surface area contributed by atoms with E-state index in [1.165, 1.54) is 6.08 Å². The van der Waals surface area contributed by atoms with Gasteiger partial charge in [-0.1, -0.05) is 23.9 Å². The van der Waals surface area contributed by atoms with Crippen molar-refractivity contribution in [1.29, 1.82) is 0 Å². The summed E-state index contributed by atoms with van der Waals surface area (Å²) in [5.74, 6) is 0.683. The van der Waals surface area contributed by atoms with Crippen LogP contribution in [0.15, 0.2) is 56.8 Å². The maximum absolute atomic E-state index is 13.1. The minimum absolute atomic E-state index is 0. The van der Waals surface area contributed by atoms with Crippen molar-refractivity contribution >= 4 is 44.0 Å². The third-order valence-electron chi connectivity index (χ3n) is 4.20. The van der Waals surface area contributed by atoms with E-state index < -0.39 is 24.4 Å². The fourth-order valence-electron chi connectivity index (χ4n) is 2.89. The molecular formula is C17H21ClN2O5S3. The molecule has 0 saturated carbocycles. The van der Waals surface area contributed by atoms with E-state index in [-0.39, 0.29) is 28.0 Å². The highest BCUT2D eigenvalue weighted by atomic mass is 35.5. The van der Waals surface area contributed by atoms with Crippen LogP contribution in [0.2, 0.25) is 0 Å². The number of nitrogens with one attached hydrogen (secondary N) is 1. The Labute approximate surface area is 175 Å². The Bertz CT molecular complexity index is 1060. The minimum Gasteiger partial charge on any atom is -0.497 e. The maximum atomic E-state index is 13.1. The van der Waals surface area contributed by atoms with E-state index in [2.05, 4.69) is 5.32 Å². The summed E-state index contributed by atoms with van der Waals surface area (Å²) in [6.45, 7) is 2.45. The fourth-order valence-corrected chi connectivity index (χ4v) is 7.56. The number of nitrogens with two attached hydrogens (primary N) is 1. The van der Waals surface area contributed by atoms with Crippen LogP contribution in [0.5, 0.6) is 5.75 Å². The highest BCUT2D eigenvalue weighted by Crippen LogP contribution is 2.47. The number of sulfone groups is 1. The van der Waals surface area contributed by atoms with Crippen molar-refractivity contribution in [3.63, 3.8) is 0 Å². The van der Waals surface area contributed by atoms with Gasteiger partial charge in [0.25, 0.3) is 0 Å². The predicted octanol–water partition coefficient (Wildman–Crippen LogP) is 2.04. The maximum Gasteiger partial charge on any atom is 0.244 e. The Morgan fingerprint density at radius 1 is 1.21 bits per heavy atom. The second-order valence-electron chi connectivity index (χ2n) is 6.04. The summed E-state index contributed by atoms with van der Waals surface area (Å²) in [5.41, 5.74) is 1.84. The number of halogens is 1. The molecule has 0 amide bonds. The van der Waals surface area contributed by atoms with Crippen LogP contribution in [0.4, 0.5) is 0 Å². The first-order chi connectivity index (χ1) is 12.7. The number of benzene rings is 1. The highest BCUT2D eigenvalue weighted by molar-refractivity contribution is 8.25. The van der Waals surface area contributed by atoms with Gasteiger partial charge in [-0.3, -0.25) is 0 Å². The molecule has 7 nitrogen and oxygen atoms in total. The van der Waals surface area contributed by atoms with Crippen LogP contribution in [-0.2, 0) is 26.3 Å². The second-order valence-corrected chi connectivity index (χ2v) is 11.4. The fraction of sp³-hybridized carbons (Fsp3) is 0.294. The molecule has 0 aliphatic carbocycles. The van der Waals surface area contributed by atoms with Gasteiger partial charge in [0.1, 0.15) is 14.6 Å². The van der Waals surface area contributed by atoms with Crippen LogP contribution in [0.25, 0.3) is 0 Å². The first kappa shape index (κ1) is 22.8. The number of thioether (sulfide) groups is 1. The van der Waals surface area contributed by atoms with E-state index >= 15 is 0 Å². The molecule has 1 atom stereocenters. The van der Waals surface area contributed by atoms with Gasteiger partial charge >= 0.3 is 0 Å². The van der Waals surface area contributed by atoms with Gasteiger partial charge in [-0.15, -0.1) is 12.4 Å². The van der Waals surface area contributed by atoms with E-state index in [1.807, 2.05) is 6.92 Å². The molecule has 0 fully saturated rings. The largest absolute Gasteiger partial charge is 0.497 e. The van der Waals surface area contributed by atoms with Crippen LogP contribution >= 0.6 is 24.2 Å². The summed E-state index contributed by atoms with van der Waals surface area (Å²) in [7, 11) is -6.15. The number of sulfonamides is 1. The summed E-state index contributed by atoms with van der Waals surface area (Å²) in [4.78, 5) is 0.230. The number of hydrogen-bond donors (Lipinski definition) is 2. The van der Waals surface area contributed by atoms with Crippen LogP contribution in [0.1, 0.15) is 12.5 Å². The molecule has 2 heterocycles. The van der Waals surface area contributed by atoms with Crippen LogP contribution in [0, 0.1) is 0 Å². The number of hydrogen-bond acceptors (Lipinski definition) is 7. The molecule has 2 aliphatic rings. The zero-order chi connectivity index (χ0) is 19.8. The molecule has 154 valence electrons. The monoisotopic (exact) mass is 464 g/mol. The average Bonchev–Trinajstić information content (AvgIpc) is 3.07. The van der Waals surface area contributed by atoms with Crippen molar-refractivity contribution in [2.75, 3.05) is 13.7 Å². The molecule has 0 radical (unpaired) electrons. The van der Waals surface area contributed by atoms with Crippen molar-refractivity contribution in [2.45, 2.75) is 17.9 Å². The Morgan fingerprint density at radius 2 is 1.86 bits per heavy atom. The predicted molar refractivity (Wildman–Crippen MR) is 114 cm³/mol. The molecule has 0 spiro atoms. The van der Waals surface area contributed by atoms with E-state index in [0.29, 0.717) is 23.6 Å². The number of fused-ring (bicyclic) bond motifs is 1. The first-order valence-corrected chi connectivity index (χ1v) is 12.1. The standard InChI is InChI=1S/C17H20N2O5S3.ClH/c1-3-19-15-9-13(8-11-4-6-12(24-2)7-5-11)26(20,21)17-14(15)10-16(25-17)27(18,22)23;/h4-7,9-10,17,19H,3,8H2,1-2H3,(H2,18,22,23);1H. The molecule has 3 N–H and O–H groups in total. The van der Waals surface area contributed by atoms with Gasteiger partial charge < -0.3 is 10.1 Å². The first-order valence-electron chi connectivity index (χ1n) is 8.13. The normalized spacial score (nSPS) is 20.6. The topological polar surface area (TPSA) is 116 Å². The molecule has 0 aromatic heterocycles. The number of ether oxygens (including phenoxy) is 1. The summed E-state index contributed by atoms with van der Waals surface area (Å²) in [6, 6.07) is 7.14. The van der Waals surface area contributed by atoms with Gasteiger partial charge in [-0.2, -0.15) is 0 Å². The summed E-state index contributed by atoms with van der Waals surface area (Å²) < 4.78 is 53.6. The lowest BCUT2D eigenvalue weighted by molar-refractivity contribution is 0.414. The van der Waals surface area contributed by atoms with E-state index in [1.54, 1.807) is 37.5 Å². The molecule has 1 aromatic carbocycles. The zero-order valence-electron chi connectivity index (χ0n) is 15.2. The number of methoxy groups -OCH3 is 1. The van der Waals surface area contributed by atoms with Gasteiger partial charge in [-0.25, -0.2) is 22.0 Å². The SMILES string of the molecule is CCNC1=C2C=C(S(N)(=O)=O)SC2S(=O)(=O)C(Cc2ccc(OC)cc2)=C1.Cl. The van der Waals surface area contributed by atoms with Gasteiger partial charge in [0.15, 0.2) is 9.84 Å². The van der Waals surface area contributed by atoms with Crippen molar-refractivity contribution < 1.29 is 21.6 Å². The summed E-state index contributed by atoms with van der Waals surface area (Å²) in [5, 5.41) is 8.33. The molecule has 28 heavy (non-hydrogen) atoms. The van der Waals surface area contributed by atoms with Gasteiger partial charge in [0, 0.05) is 24.2 Å². The van der Waals surface area contributed by atoms with Gasteiger partial charge in [-0.05, 0) is 36.8 Å². The van der Waals surface area contributed by atoms with Crippen molar-refractivity contribution in [3.05, 3.63) is 62.4 Å². The van der Waals surface area contributed by atoms with E-state index in [4.69, 9.17) is 9.88 Å². The van der Waals surface area contributed by atoms with Crippen LogP contribution in [-0.4, -0.2) is 35.1 Å². The molecule has 2 aliphatic heterocycles. The minimum atomic E-state index is -3.97. The highest BCUT2D eigenvalue weighted by Gasteiger charge is 2.43. The lowest BCUT2D eigenvalue weighted by atomic mass is 10.1. The number of allylic oxidation sites excluding steroid dienone is 3. The van der Waals surface area contributed by atoms with Crippen molar-refractivity contribution in [3.8, 4) is 5.75 Å². The number of primary sulfonamides is 1. The van der Waals surface area contributed by atoms with Gasteiger partial charge in [0.2, 0.25) is 10.0 Å². The lowest BCUT2D eigenvalue weighted by Gasteiger charge is -2.24. The molecular weight excluding hydrogens is 444 g/mol. The van der Waals surface area contributed by atoms with Crippen LogP contribution < -0.4 is 15.2 Å². The van der Waals surface area contributed by atoms with Crippen LogP contribution in [0.3, 0.4) is 0 Å².